The van der Waals surface area contributed by atoms with Gasteiger partial charge in [0.2, 0.25) is 0 Å². The highest BCUT2D eigenvalue weighted by Crippen LogP contribution is 2.35. The second-order valence-corrected chi connectivity index (χ2v) is 5.77. The summed E-state index contributed by atoms with van der Waals surface area (Å²) in [7, 11) is 1.57. The number of aromatic nitrogens is 1. The van der Waals surface area contributed by atoms with E-state index in [4.69, 9.17) is 9.26 Å². The lowest BCUT2D eigenvalue weighted by molar-refractivity contribution is 0.281. The topological polar surface area (TPSA) is 55.5 Å². The molecule has 6 heteroatoms. The summed E-state index contributed by atoms with van der Waals surface area (Å²) in [6.45, 7) is -0.319. The Kier molecular flexibility index (Phi) is 4.45. The summed E-state index contributed by atoms with van der Waals surface area (Å²) >= 11 is 3.21. The van der Waals surface area contributed by atoms with E-state index in [0.29, 0.717) is 21.5 Å². The zero-order valence-electron chi connectivity index (χ0n) is 12.2. The molecule has 1 aromatic heterocycles. The Morgan fingerprint density at radius 2 is 2.09 bits per heavy atom. The monoisotopic (exact) mass is 377 g/mol. The van der Waals surface area contributed by atoms with Crippen LogP contribution >= 0.6 is 15.9 Å². The number of benzene rings is 2. The molecule has 1 heterocycles. The zero-order chi connectivity index (χ0) is 16.4. The second kappa shape index (κ2) is 6.52. The van der Waals surface area contributed by atoms with Crippen LogP contribution in [0.5, 0.6) is 5.75 Å². The molecule has 0 fully saturated rings. The van der Waals surface area contributed by atoms with Crippen molar-refractivity contribution >= 4 is 15.9 Å². The first-order valence-corrected chi connectivity index (χ1v) is 7.62. The van der Waals surface area contributed by atoms with Crippen LogP contribution in [0.4, 0.5) is 4.39 Å². The fourth-order valence-corrected chi connectivity index (χ4v) is 2.67. The lowest BCUT2D eigenvalue weighted by Crippen LogP contribution is -1.91. The minimum atomic E-state index is -0.456. The average molecular weight is 378 g/mol. The molecule has 0 amide bonds. The number of methoxy groups -OCH3 is 1. The van der Waals surface area contributed by atoms with Crippen LogP contribution < -0.4 is 4.74 Å². The molecule has 0 aliphatic heterocycles. The quantitative estimate of drug-likeness (QED) is 0.731. The summed E-state index contributed by atoms with van der Waals surface area (Å²) < 4.78 is 25.3. The van der Waals surface area contributed by atoms with E-state index in [2.05, 4.69) is 21.1 Å². The molecule has 0 atom stereocenters. The Balaban J connectivity index is 2.13. The highest BCUT2D eigenvalue weighted by Gasteiger charge is 2.21. The van der Waals surface area contributed by atoms with Crippen molar-refractivity contribution in [2.75, 3.05) is 7.11 Å². The van der Waals surface area contributed by atoms with Crippen molar-refractivity contribution in [3.05, 3.63) is 58.3 Å². The number of hydrogen-bond donors (Lipinski definition) is 1. The summed E-state index contributed by atoms with van der Waals surface area (Å²) in [5, 5.41) is 13.7. The Labute approximate surface area is 140 Å². The maximum Gasteiger partial charge on any atom is 0.175 e. The number of aliphatic hydroxyl groups is 1. The predicted octanol–water partition coefficient (Wildman–Crippen LogP) is 4.41. The van der Waals surface area contributed by atoms with E-state index in [-0.39, 0.29) is 17.9 Å². The summed E-state index contributed by atoms with van der Waals surface area (Å²) in [5.74, 6) is 0.420. The number of aliphatic hydroxyl groups excluding tert-OH is 1. The Bertz CT molecular complexity index is 848. The molecule has 3 rings (SSSR count). The molecule has 4 nitrogen and oxygen atoms in total. The molecule has 23 heavy (non-hydrogen) atoms. The number of halogens is 2. The summed E-state index contributed by atoms with van der Waals surface area (Å²) in [6, 6.07) is 11.8. The van der Waals surface area contributed by atoms with Gasteiger partial charge in [0.05, 0.1) is 24.8 Å². The SMILES string of the molecule is COc1cccc(-c2noc(-c3ccc(Br)cc3F)c2CO)c1. The Morgan fingerprint density at radius 1 is 1.26 bits per heavy atom. The first-order valence-electron chi connectivity index (χ1n) is 6.83. The van der Waals surface area contributed by atoms with Crippen molar-refractivity contribution in [2.45, 2.75) is 6.61 Å². The van der Waals surface area contributed by atoms with Crippen LogP contribution in [0.25, 0.3) is 22.6 Å². The first kappa shape index (κ1) is 15.7. The molecule has 0 saturated heterocycles. The van der Waals surface area contributed by atoms with E-state index in [1.807, 2.05) is 12.1 Å². The van der Waals surface area contributed by atoms with Crippen molar-refractivity contribution in [2.24, 2.45) is 0 Å². The molecular formula is C17H13BrFNO3. The average Bonchev–Trinajstić information content (AvgIpc) is 2.98. The van der Waals surface area contributed by atoms with Crippen LogP contribution in [-0.2, 0) is 6.61 Å². The van der Waals surface area contributed by atoms with Crippen LogP contribution in [0, 0.1) is 5.82 Å². The lowest BCUT2D eigenvalue weighted by atomic mass is 10.0. The minimum absolute atomic E-state index is 0.218. The van der Waals surface area contributed by atoms with Crippen molar-refractivity contribution in [3.8, 4) is 28.3 Å². The lowest BCUT2D eigenvalue weighted by Gasteiger charge is -2.04. The van der Waals surface area contributed by atoms with Gasteiger partial charge < -0.3 is 14.4 Å². The van der Waals surface area contributed by atoms with Crippen LogP contribution in [0.2, 0.25) is 0 Å². The molecule has 2 aromatic carbocycles. The number of nitrogens with zero attached hydrogens (tertiary/aromatic N) is 1. The van der Waals surface area contributed by atoms with Crippen molar-refractivity contribution in [1.29, 1.82) is 0 Å². The van der Waals surface area contributed by atoms with Gasteiger partial charge in [0.25, 0.3) is 0 Å². The van der Waals surface area contributed by atoms with Gasteiger partial charge in [-0.3, -0.25) is 0 Å². The van der Waals surface area contributed by atoms with Gasteiger partial charge in [-0.1, -0.05) is 33.2 Å². The summed E-state index contributed by atoms with van der Waals surface area (Å²) in [5.41, 5.74) is 1.86. The third kappa shape index (κ3) is 3.00. The Morgan fingerprint density at radius 3 is 2.78 bits per heavy atom. The van der Waals surface area contributed by atoms with Gasteiger partial charge in [-0.2, -0.15) is 0 Å². The molecule has 1 N–H and O–H groups in total. The van der Waals surface area contributed by atoms with E-state index in [1.54, 1.807) is 31.4 Å². The first-order chi connectivity index (χ1) is 11.1. The largest absolute Gasteiger partial charge is 0.497 e. The van der Waals surface area contributed by atoms with E-state index in [9.17, 15) is 9.50 Å². The third-order valence-electron chi connectivity index (χ3n) is 3.47. The zero-order valence-corrected chi connectivity index (χ0v) is 13.8. The molecule has 0 aliphatic carbocycles. The third-order valence-corrected chi connectivity index (χ3v) is 3.96. The summed E-state index contributed by atoms with van der Waals surface area (Å²) in [6.07, 6.45) is 0. The van der Waals surface area contributed by atoms with Gasteiger partial charge in [-0.15, -0.1) is 0 Å². The maximum absolute atomic E-state index is 14.2. The number of rotatable bonds is 4. The highest BCUT2D eigenvalue weighted by atomic mass is 79.9. The van der Waals surface area contributed by atoms with Gasteiger partial charge in [0.1, 0.15) is 17.3 Å². The maximum atomic E-state index is 14.2. The van der Waals surface area contributed by atoms with Crippen molar-refractivity contribution < 1.29 is 18.8 Å². The van der Waals surface area contributed by atoms with Gasteiger partial charge >= 0.3 is 0 Å². The molecule has 0 unspecified atom stereocenters. The van der Waals surface area contributed by atoms with Gasteiger partial charge in [-0.05, 0) is 30.3 Å². The number of hydrogen-bond acceptors (Lipinski definition) is 4. The second-order valence-electron chi connectivity index (χ2n) is 4.85. The van der Waals surface area contributed by atoms with E-state index < -0.39 is 5.82 Å². The van der Waals surface area contributed by atoms with Gasteiger partial charge in [0.15, 0.2) is 5.76 Å². The molecular weight excluding hydrogens is 365 g/mol. The standard InChI is InChI=1S/C17H13BrFNO3/c1-22-12-4-2-3-10(7-12)16-14(9-21)17(23-20-16)13-6-5-11(18)8-15(13)19/h2-8,21H,9H2,1H3. The number of ether oxygens (including phenoxy) is 1. The Hall–Kier alpha value is -2.18. The molecule has 0 spiro atoms. The van der Waals surface area contributed by atoms with Crippen LogP contribution in [0.3, 0.4) is 0 Å². The summed E-state index contributed by atoms with van der Waals surface area (Å²) in [4.78, 5) is 0. The van der Waals surface area contributed by atoms with Crippen LogP contribution in [0.15, 0.2) is 51.5 Å². The molecule has 0 saturated carbocycles. The van der Waals surface area contributed by atoms with Gasteiger partial charge in [-0.25, -0.2) is 4.39 Å². The van der Waals surface area contributed by atoms with Gasteiger partial charge in [0, 0.05) is 10.0 Å². The predicted molar refractivity (Wildman–Crippen MR) is 87.5 cm³/mol. The van der Waals surface area contributed by atoms with E-state index in [1.165, 1.54) is 6.07 Å². The normalized spacial score (nSPS) is 10.8. The fourth-order valence-electron chi connectivity index (χ4n) is 2.34. The fraction of sp³-hybridized carbons (Fsp3) is 0.118. The molecule has 3 aromatic rings. The molecule has 0 radical (unpaired) electrons. The minimum Gasteiger partial charge on any atom is -0.497 e. The van der Waals surface area contributed by atoms with Crippen molar-refractivity contribution in [1.82, 2.24) is 5.16 Å². The highest BCUT2D eigenvalue weighted by molar-refractivity contribution is 9.10. The molecule has 0 bridgehead atoms. The van der Waals surface area contributed by atoms with Crippen molar-refractivity contribution in [3.63, 3.8) is 0 Å². The molecule has 0 aliphatic rings. The van der Waals surface area contributed by atoms with Crippen LogP contribution in [0.1, 0.15) is 5.56 Å². The van der Waals surface area contributed by atoms with E-state index >= 15 is 0 Å². The van der Waals surface area contributed by atoms with Crippen LogP contribution in [-0.4, -0.2) is 17.4 Å². The molecule has 118 valence electrons. The smallest absolute Gasteiger partial charge is 0.175 e. The van der Waals surface area contributed by atoms with E-state index in [0.717, 1.165) is 5.56 Å².